The summed E-state index contributed by atoms with van der Waals surface area (Å²) in [5.41, 5.74) is 0.868. The van der Waals surface area contributed by atoms with Gasteiger partial charge in [0.25, 0.3) is 0 Å². The lowest BCUT2D eigenvalue weighted by Crippen LogP contribution is -2.44. The molecule has 3 rings (SSSR count). The first-order valence-electron chi connectivity index (χ1n) is 8.04. The third kappa shape index (κ3) is 4.66. The Morgan fingerprint density at radius 2 is 1.75 bits per heavy atom. The third-order valence-electron chi connectivity index (χ3n) is 4.04. The highest BCUT2D eigenvalue weighted by Crippen LogP contribution is 2.18. The van der Waals surface area contributed by atoms with Gasteiger partial charge in [0.05, 0.1) is 0 Å². The maximum atomic E-state index is 12.2. The second kappa shape index (κ2) is 7.59. The second-order valence-electron chi connectivity index (χ2n) is 5.83. The first-order valence-corrected chi connectivity index (χ1v) is 9.58. The molecule has 0 bridgehead atoms. The van der Waals surface area contributed by atoms with Gasteiger partial charge >= 0.3 is 0 Å². The Morgan fingerprint density at radius 3 is 2.42 bits per heavy atom. The molecule has 0 saturated carbocycles. The zero-order chi connectivity index (χ0) is 16.8. The predicted octanol–water partition coefficient (Wildman–Crippen LogP) is 2.64. The lowest BCUT2D eigenvalue weighted by molar-refractivity contribution is 0.461. The number of sulfonamides is 1. The van der Waals surface area contributed by atoms with E-state index < -0.39 is 10.0 Å². The predicted molar refractivity (Wildman–Crippen MR) is 97.0 cm³/mol. The van der Waals surface area contributed by atoms with E-state index in [9.17, 15) is 8.42 Å². The number of piperidine rings is 1. The lowest BCUT2D eigenvalue weighted by Gasteiger charge is -2.32. The average molecular weight is 343 g/mol. The van der Waals surface area contributed by atoms with E-state index in [4.69, 9.17) is 0 Å². The normalized spacial score (nSPS) is 16.6. The fraction of sp³-hybridized carbons (Fsp3) is 0.278. The molecule has 2 aromatic rings. The summed E-state index contributed by atoms with van der Waals surface area (Å²) in [7, 11) is -3.43. The molecular formula is C18H21N3O2S. The molecule has 1 N–H and O–H groups in total. The van der Waals surface area contributed by atoms with Gasteiger partial charge in [-0.15, -0.1) is 0 Å². The van der Waals surface area contributed by atoms with Crippen molar-refractivity contribution >= 4 is 21.9 Å². The largest absolute Gasteiger partial charge is 0.357 e. The van der Waals surface area contributed by atoms with E-state index in [-0.39, 0.29) is 6.04 Å². The number of aromatic nitrogens is 1. The van der Waals surface area contributed by atoms with Crippen LogP contribution in [-0.4, -0.2) is 32.5 Å². The summed E-state index contributed by atoms with van der Waals surface area (Å²) in [6, 6.07) is 15.2. The quantitative estimate of drug-likeness (QED) is 0.906. The summed E-state index contributed by atoms with van der Waals surface area (Å²) < 4.78 is 27.2. The maximum absolute atomic E-state index is 12.2. The summed E-state index contributed by atoms with van der Waals surface area (Å²) in [5.74, 6) is 0.947. The number of benzene rings is 1. The van der Waals surface area contributed by atoms with Crippen molar-refractivity contribution in [3.63, 3.8) is 0 Å². The summed E-state index contributed by atoms with van der Waals surface area (Å²) >= 11 is 0. The Hall–Kier alpha value is -2.18. The smallest absolute Gasteiger partial charge is 0.233 e. The van der Waals surface area contributed by atoms with E-state index in [0.29, 0.717) is 0 Å². The Morgan fingerprint density at radius 1 is 1.04 bits per heavy atom. The second-order valence-corrected chi connectivity index (χ2v) is 7.42. The van der Waals surface area contributed by atoms with Gasteiger partial charge in [-0.05, 0) is 36.6 Å². The minimum atomic E-state index is -3.43. The number of nitrogens with zero attached hydrogens (tertiary/aromatic N) is 2. The van der Waals surface area contributed by atoms with Gasteiger partial charge < -0.3 is 4.90 Å². The third-order valence-corrected chi connectivity index (χ3v) is 5.19. The highest BCUT2D eigenvalue weighted by molar-refractivity contribution is 7.92. The number of hydrogen-bond acceptors (Lipinski definition) is 4. The van der Waals surface area contributed by atoms with Crippen LogP contribution in [0.3, 0.4) is 0 Å². The van der Waals surface area contributed by atoms with Gasteiger partial charge in [-0.3, -0.25) is 0 Å². The van der Waals surface area contributed by atoms with Gasteiger partial charge in [-0.25, -0.2) is 18.1 Å². The van der Waals surface area contributed by atoms with Crippen molar-refractivity contribution < 1.29 is 8.42 Å². The monoisotopic (exact) mass is 343 g/mol. The fourth-order valence-corrected chi connectivity index (χ4v) is 3.89. The van der Waals surface area contributed by atoms with Crippen molar-refractivity contribution in [1.29, 1.82) is 0 Å². The zero-order valence-corrected chi connectivity index (χ0v) is 14.2. The molecule has 0 amide bonds. The maximum Gasteiger partial charge on any atom is 0.233 e. The van der Waals surface area contributed by atoms with E-state index in [1.54, 1.807) is 12.3 Å². The van der Waals surface area contributed by atoms with Crippen LogP contribution in [0.25, 0.3) is 6.08 Å². The van der Waals surface area contributed by atoms with Gasteiger partial charge in [-0.2, -0.15) is 0 Å². The summed E-state index contributed by atoms with van der Waals surface area (Å²) in [6.07, 6.45) is 4.94. The minimum absolute atomic E-state index is 0.0321. The van der Waals surface area contributed by atoms with E-state index in [1.807, 2.05) is 48.5 Å². The van der Waals surface area contributed by atoms with Crippen molar-refractivity contribution in [2.24, 2.45) is 0 Å². The highest BCUT2D eigenvalue weighted by atomic mass is 32.2. The van der Waals surface area contributed by atoms with Gasteiger partial charge in [0.2, 0.25) is 10.0 Å². The van der Waals surface area contributed by atoms with Crippen molar-refractivity contribution in [2.75, 3.05) is 18.0 Å². The van der Waals surface area contributed by atoms with Gasteiger partial charge in [-0.1, -0.05) is 36.4 Å². The molecule has 2 heterocycles. The van der Waals surface area contributed by atoms with Crippen LogP contribution in [-0.2, 0) is 10.0 Å². The molecule has 6 heteroatoms. The van der Waals surface area contributed by atoms with E-state index in [0.717, 1.165) is 37.3 Å². The van der Waals surface area contributed by atoms with Crippen LogP contribution >= 0.6 is 0 Å². The summed E-state index contributed by atoms with van der Waals surface area (Å²) in [4.78, 5) is 6.53. The average Bonchev–Trinajstić information content (AvgIpc) is 2.62. The highest BCUT2D eigenvalue weighted by Gasteiger charge is 2.22. The van der Waals surface area contributed by atoms with Crippen LogP contribution in [0, 0.1) is 0 Å². The molecular weight excluding hydrogens is 322 g/mol. The first-order chi connectivity index (χ1) is 11.6. The van der Waals surface area contributed by atoms with Crippen LogP contribution in [0.15, 0.2) is 60.1 Å². The molecule has 1 aliphatic heterocycles. The fourth-order valence-electron chi connectivity index (χ4n) is 2.77. The van der Waals surface area contributed by atoms with Crippen LogP contribution in [0.5, 0.6) is 0 Å². The molecule has 1 saturated heterocycles. The van der Waals surface area contributed by atoms with E-state index in [1.165, 1.54) is 5.41 Å². The molecule has 0 spiro atoms. The van der Waals surface area contributed by atoms with Crippen molar-refractivity contribution in [3.05, 3.63) is 65.7 Å². The van der Waals surface area contributed by atoms with Crippen molar-refractivity contribution in [3.8, 4) is 0 Å². The molecule has 0 aliphatic carbocycles. The van der Waals surface area contributed by atoms with Gasteiger partial charge in [0.1, 0.15) is 5.82 Å². The van der Waals surface area contributed by atoms with Crippen LogP contribution < -0.4 is 9.62 Å². The first kappa shape index (κ1) is 16.7. The SMILES string of the molecule is O=S(=O)(/C=C/c1ccccc1)NC1CCN(c2ccccn2)CC1. The Bertz CT molecular complexity index is 768. The lowest BCUT2D eigenvalue weighted by atomic mass is 10.1. The van der Waals surface area contributed by atoms with Crippen molar-refractivity contribution in [1.82, 2.24) is 9.71 Å². The standard InChI is InChI=1S/C18H21N3O2S/c22-24(23,15-11-16-6-2-1-3-7-16)20-17-9-13-21(14-10-17)18-8-4-5-12-19-18/h1-8,11-12,15,17,20H,9-10,13-14H2/b15-11+. The minimum Gasteiger partial charge on any atom is -0.357 e. The molecule has 5 nitrogen and oxygen atoms in total. The van der Waals surface area contributed by atoms with Gasteiger partial charge in [0.15, 0.2) is 0 Å². The van der Waals surface area contributed by atoms with Gasteiger partial charge in [0, 0.05) is 30.7 Å². The van der Waals surface area contributed by atoms with Crippen LogP contribution in [0.4, 0.5) is 5.82 Å². The van der Waals surface area contributed by atoms with Crippen LogP contribution in [0.2, 0.25) is 0 Å². The molecule has 126 valence electrons. The number of anilines is 1. The number of hydrogen-bond donors (Lipinski definition) is 1. The molecule has 1 fully saturated rings. The molecule has 0 atom stereocenters. The zero-order valence-electron chi connectivity index (χ0n) is 13.4. The van der Waals surface area contributed by atoms with Crippen molar-refractivity contribution in [2.45, 2.75) is 18.9 Å². The van der Waals surface area contributed by atoms with E-state index >= 15 is 0 Å². The van der Waals surface area contributed by atoms with E-state index in [2.05, 4.69) is 14.6 Å². The number of nitrogens with one attached hydrogen (secondary N) is 1. The Kier molecular flexibility index (Phi) is 5.27. The molecule has 1 aromatic heterocycles. The Labute approximate surface area is 143 Å². The molecule has 1 aromatic carbocycles. The molecule has 24 heavy (non-hydrogen) atoms. The molecule has 0 unspecified atom stereocenters. The summed E-state index contributed by atoms with van der Waals surface area (Å²) in [6.45, 7) is 1.60. The van der Waals surface area contributed by atoms with Crippen LogP contribution in [0.1, 0.15) is 18.4 Å². The molecule has 1 aliphatic rings. The Balaban J connectivity index is 1.54. The molecule has 0 radical (unpaired) electrons. The number of pyridine rings is 1. The summed E-state index contributed by atoms with van der Waals surface area (Å²) in [5, 5.41) is 1.24. The number of rotatable bonds is 5. The topological polar surface area (TPSA) is 62.3 Å².